The van der Waals surface area contributed by atoms with Gasteiger partial charge in [0.05, 0.1) is 5.69 Å². The lowest BCUT2D eigenvalue weighted by Gasteiger charge is -1.99. The smallest absolute Gasteiger partial charge is 0.125 e. The maximum Gasteiger partial charge on any atom is 0.125 e. The van der Waals surface area contributed by atoms with Gasteiger partial charge in [-0.1, -0.05) is 0 Å². The number of aryl methyl sites for hydroxylation is 1. The molecule has 4 heteroatoms. The number of anilines is 1. The van der Waals surface area contributed by atoms with Gasteiger partial charge in [-0.2, -0.15) is 5.10 Å². The van der Waals surface area contributed by atoms with Gasteiger partial charge in [-0.3, -0.25) is 4.68 Å². The summed E-state index contributed by atoms with van der Waals surface area (Å²) in [5.74, 6) is 0.865. The Morgan fingerprint density at radius 1 is 1.29 bits per heavy atom. The van der Waals surface area contributed by atoms with Crippen LogP contribution in [0.1, 0.15) is 0 Å². The SMILES string of the molecule is CNc1ccc(-c2ccn(C)n2)cn1. The molecule has 2 heterocycles. The van der Waals surface area contributed by atoms with E-state index in [1.807, 2.05) is 44.7 Å². The zero-order chi connectivity index (χ0) is 9.97. The second-order valence-electron chi connectivity index (χ2n) is 3.06. The van der Waals surface area contributed by atoms with Crippen LogP contribution in [0.4, 0.5) is 5.82 Å². The summed E-state index contributed by atoms with van der Waals surface area (Å²) in [6.45, 7) is 0. The molecule has 0 unspecified atom stereocenters. The van der Waals surface area contributed by atoms with Crippen molar-refractivity contribution in [2.24, 2.45) is 7.05 Å². The van der Waals surface area contributed by atoms with Gasteiger partial charge < -0.3 is 5.32 Å². The van der Waals surface area contributed by atoms with Crippen molar-refractivity contribution in [2.75, 3.05) is 12.4 Å². The lowest BCUT2D eigenvalue weighted by atomic mass is 10.2. The van der Waals surface area contributed by atoms with Crippen molar-refractivity contribution in [3.05, 3.63) is 30.6 Å². The summed E-state index contributed by atoms with van der Waals surface area (Å²) in [6, 6.07) is 5.90. The minimum absolute atomic E-state index is 0.865. The fourth-order valence-electron chi connectivity index (χ4n) is 1.26. The van der Waals surface area contributed by atoms with Crippen LogP contribution in [0.2, 0.25) is 0 Å². The van der Waals surface area contributed by atoms with E-state index in [-0.39, 0.29) is 0 Å². The van der Waals surface area contributed by atoms with Crippen molar-refractivity contribution in [1.82, 2.24) is 14.8 Å². The lowest BCUT2D eigenvalue weighted by Crippen LogP contribution is -1.92. The van der Waals surface area contributed by atoms with Crippen LogP contribution in [0, 0.1) is 0 Å². The number of hydrogen-bond acceptors (Lipinski definition) is 3. The molecule has 2 aromatic rings. The number of rotatable bonds is 2. The van der Waals surface area contributed by atoms with E-state index in [4.69, 9.17) is 0 Å². The van der Waals surface area contributed by atoms with Gasteiger partial charge >= 0.3 is 0 Å². The molecule has 2 aromatic heterocycles. The average molecular weight is 188 g/mol. The maximum atomic E-state index is 4.29. The van der Waals surface area contributed by atoms with E-state index in [0.717, 1.165) is 17.1 Å². The summed E-state index contributed by atoms with van der Waals surface area (Å²) < 4.78 is 1.78. The first-order valence-corrected chi connectivity index (χ1v) is 4.43. The third kappa shape index (κ3) is 1.59. The van der Waals surface area contributed by atoms with Crippen molar-refractivity contribution >= 4 is 5.82 Å². The molecule has 0 saturated carbocycles. The largest absolute Gasteiger partial charge is 0.373 e. The number of aromatic nitrogens is 3. The second-order valence-corrected chi connectivity index (χ2v) is 3.06. The molecule has 0 aliphatic rings. The van der Waals surface area contributed by atoms with E-state index in [9.17, 15) is 0 Å². The summed E-state index contributed by atoms with van der Waals surface area (Å²) in [5, 5.41) is 7.27. The molecule has 1 N–H and O–H groups in total. The Morgan fingerprint density at radius 2 is 2.14 bits per heavy atom. The highest BCUT2D eigenvalue weighted by molar-refractivity contribution is 5.58. The molecule has 0 bridgehead atoms. The van der Waals surface area contributed by atoms with Crippen molar-refractivity contribution < 1.29 is 0 Å². The normalized spacial score (nSPS) is 10.1. The van der Waals surface area contributed by atoms with Crippen molar-refractivity contribution in [3.8, 4) is 11.3 Å². The summed E-state index contributed by atoms with van der Waals surface area (Å²) in [6.07, 6.45) is 3.73. The summed E-state index contributed by atoms with van der Waals surface area (Å²) in [7, 11) is 3.75. The summed E-state index contributed by atoms with van der Waals surface area (Å²) in [4.78, 5) is 4.22. The van der Waals surface area contributed by atoms with Crippen molar-refractivity contribution in [3.63, 3.8) is 0 Å². The first kappa shape index (κ1) is 8.74. The van der Waals surface area contributed by atoms with Gasteiger partial charge in [0, 0.05) is 32.1 Å². The van der Waals surface area contributed by atoms with E-state index in [1.165, 1.54) is 0 Å². The van der Waals surface area contributed by atoms with E-state index in [0.29, 0.717) is 0 Å². The highest BCUT2D eigenvalue weighted by atomic mass is 15.2. The van der Waals surface area contributed by atoms with Crippen molar-refractivity contribution in [1.29, 1.82) is 0 Å². The molecule has 14 heavy (non-hydrogen) atoms. The quantitative estimate of drug-likeness (QED) is 0.777. The number of pyridine rings is 1. The van der Waals surface area contributed by atoms with Gasteiger partial charge in [-0.25, -0.2) is 4.98 Å². The van der Waals surface area contributed by atoms with Crippen LogP contribution in [-0.4, -0.2) is 21.8 Å². The van der Waals surface area contributed by atoms with Crippen LogP contribution in [0.15, 0.2) is 30.6 Å². The zero-order valence-electron chi connectivity index (χ0n) is 8.23. The van der Waals surface area contributed by atoms with Gasteiger partial charge in [0.2, 0.25) is 0 Å². The summed E-state index contributed by atoms with van der Waals surface area (Å²) in [5.41, 5.74) is 1.98. The van der Waals surface area contributed by atoms with Crippen LogP contribution in [0.5, 0.6) is 0 Å². The molecule has 0 saturated heterocycles. The molecule has 0 amide bonds. The van der Waals surface area contributed by atoms with Crippen molar-refractivity contribution in [2.45, 2.75) is 0 Å². The Hall–Kier alpha value is -1.84. The topological polar surface area (TPSA) is 42.7 Å². The van der Waals surface area contributed by atoms with Crippen LogP contribution in [0.25, 0.3) is 11.3 Å². The van der Waals surface area contributed by atoms with Gasteiger partial charge in [0.25, 0.3) is 0 Å². The third-order valence-corrected chi connectivity index (χ3v) is 2.03. The standard InChI is InChI=1S/C10H12N4/c1-11-10-4-3-8(7-12-10)9-5-6-14(2)13-9/h3-7H,1-2H3,(H,11,12). The van der Waals surface area contributed by atoms with E-state index in [2.05, 4.69) is 15.4 Å². The minimum atomic E-state index is 0.865. The Morgan fingerprint density at radius 3 is 2.64 bits per heavy atom. The van der Waals surface area contributed by atoms with Gasteiger partial charge in [-0.05, 0) is 18.2 Å². The van der Waals surface area contributed by atoms with Crippen LogP contribution < -0.4 is 5.32 Å². The van der Waals surface area contributed by atoms with Gasteiger partial charge in [0.1, 0.15) is 5.82 Å². The Balaban J connectivity index is 2.33. The monoisotopic (exact) mass is 188 g/mol. The van der Waals surface area contributed by atoms with E-state index in [1.54, 1.807) is 4.68 Å². The number of hydrogen-bond donors (Lipinski definition) is 1. The molecule has 0 aliphatic heterocycles. The number of nitrogens with zero attached hydrogens (tertiary/aromatic N) is 3. The fourth-order valence-corrected chi connectivity index (χ4v) is 1.26. The molecular weight excluding hydrogens is 176 g/mol. The Bertz CT molecular complexity index is 416. The third-order valence-electron chi connectivity index (χ3n) is 2.03. The molecular formula is C10H12N4. The average Bonchev–Trinajstić information content (AvgIpc) is 2.65. The number of nitrogens with one attached hydrogen (secondary N) is 1. The predicted octanol–water partition coefficient (Wildman–Crippen LogP) is 1.52. The molecule has 0 aliphatic carbocycles. The first-order chi connectivity index (χ1) is 6.79. The van der Waals surface area contributed by atoms with Crippen LogP contribution in [0.3, 0.4) is 0 Å². The summed E-state index contributed by atoms with van der Waals surface area (Å²) >= 11 is 0. The lowest BCUT2D eigenvalue weighted by molar-refractivity contribution is 0.771. The van der Waals surface area contributed by atoms with Crippen LogP contribution in [-0.2, 0) is 7.05 Å². The molecule has 0 atom stereocenters. The maximum absolute atomic E-state index is 4.29. The Labute approximate surface area is 82.6 Å². The van der Waals surface area contributed by atoms with Crippen LogP contribution >= 0.6 is 0 Å². The predicted molar refractivity (Wildman–Crippen MR) is 56.0 cm³/mol. The van der Waals surface area contributed by atoms with Gasteiger partial charge in [0.15, 0.2) is 0 Å². The molecule has 0 fully saturated rings. The minimum Gasteiger partial charge on any atom is -0.373 e. The molecule has 0 radical (unpaired) electrons. The van der Waals surface area contributed by atoms with E-state index < -0.39 is 0 Å². The Kier molecular flexibility index (Phi) is 2.18. The highest BCUT2D eigenvalue weighted by Gasteiger charge is 2.00. The van der Waals surface area contributed by atoms with Gasteiger partial charge in [-0.15, -0.1) is 0 Å². The molecule has 0 aromatic carbocycles. The second kappa shape index (κ2) is 3.49. The molecule has 0 spiro atoms. The molecule has 4 nitrogen and oxygen atoms in total. The van der Waals surface area contributed by atoms with E-state index >= 15 is 0 Å². The first-order valence-electron chi connectivity index (χ1n) is 4.43. The highest BCUT2D eigenvalue weighted by Crippen LogP contribution is 2.16. The zero-order valence-corrected chi connectivity index (χ0v) is 8.23. The molecule has 2 rings (SSSR count). The fraction of sp³-hybridized carbons (Fsp3) is 0.200. The molecule has 72 valence electrons.